The van der Waals surface area contributed by atoms with Crippen LogP contribution in [-0.4, -0.2) is 44.3 Å². The van der Waals surface area contributed by atoms with Crippen LogP contribution in [0, 0.1) is 0 Å². The molecule has 182 valence electrons. The summed E-state index contributed by atoms with van der Waals surface area (Å²) in [5, 5.41) is 33.6. The van der Waals surface area contributed by atoms with Crippen molar-refractivity contribution >= 4 is 23.9 Å². The lowest BCUT2D eigenvalue weighted by atomic mass is 10.1. The molecule has 0 atom stereocenters. The molecule has 0 bridgehead atoms. The molecule has 0 radical (unpaired) electrons. The Hall–Kier alpha value is -2.90. The molecule has 8 heteroatoms. The van der Waals surface area contributed by atoms with Gasteiger partial charge in [-0.3, -0.25) is 9.59 Å². The van der Waals surface area contributed by atoms with Crippen LogP contribution in [0.3, 0.4) is 0 Å². The van der Waals surface area contributed by atoms with E-state index in [-0.39, 0.29) is 11.1 Å². The number of hydrogen-bond acceptors (Lipinski definition) is 4. The van der Waals surface area contributed by atoms with Crippen LogP contribution in [0.1, 0.15) is 112 Å². The third kappa shape index (κ3) is 20.4. The van der Waals surface area contributed by atoms with Gasteiger partial charge in [-0.25, -0.2) is 9.59 Å². The number of aliphatic carboxylic acids is 2. The second-order valence-corrected chi connectivity index (χ2v) is 7.27. The molecule has 0 saturated carbocycles. The van der Waals surface area contributed by atoms with Crippen molar-refractivity contribution in [3.05, 3.63) is 35.4 Å². The first-order valence-electron chi connectivity index (χ1n) is 11.2. The quantitative estimate of drug-likeness (QED) is 0.252. The van der Waals surface area contributed by atoms with E-state index in [2.05, 4.69) is 13.8 Å². The van der Waals surface area contributed by atoms with Crippen molar-refractivity contribution in [2.24, 2.45) is 0 Å². The first-order chi connectivity index (χ1) is 15.2. The summed E-state index contributed by atoms with van der Waals surface area (Å²) in [6, 6.07) is 5.48. The number of unbranched alkanes of at least 4 members (excludes halogenated alkanes) is 8. The molecule has 1 rings (SSSR count). The molecule has 0 amide bonds. The molecular formula is C24H38O8. The SMILES string of the molecule is CCCCCCCC(=O)O.CCCCCCCC(=O)O.O=C(O)c1ccccc1C(=O)O. The van der Waals surface area contributed by atoms with Gasteiger partial charge in [0.1, 0.15) is 0 Å². The molecule has 0 aliphatic heterocycles. The van der Waals surface area contributed by atoms with Gasteiger partial charge in [-0.2, -0.15) is 0 Å². The lowest BCUT2D eigenvalue weighted by molar-refractivity contribution is -0.138. The Bertz CT molecular complexity index is 613. The number of carbonyl (C=O) groups is 4. The predicted octanol–water partition coefficient (Wildman–Crippen LogP) is 5.95. The molecule has 0 aliphatic rings. The van der Waals surface area contributed by atoms with Crippen molar-refractivity contribution in [3.8, 4) is 0 Å². The summed E-state index contributed by atoms with van der Waals surface area (Å²) in [6.07, 6.45) is 11.8. The Balaban J connectivity index is 0. The van der Waals surface area contributed by atoms with Crippen LogP contribution < -0.4 is 0 Å². The van der Waals surface area contributed by atoms with Gasteiger partial charge in [-0.05, 0) is 25.0 Å². The molecule has 1 aromatic carbocycles. The normalized spacial score (nSPS) is 9.56. The number of aromatic carboxylic acids is 2. The molecule has 32 heavy (non-hydrogen) atoms. The first kappa shape index (κ1) is 31.3. The van der Waals surface area contributed by atoms with E-state index in [1.54, 1.807) is 0 Å². The van der Waals surface area contributed by atoms with Gasteiger partial charge in [0.2, 0.25) is 0 Å². The van der Waals surface area contributed by atoms with Crippen LogP contribution in [-0.2, 0) is 9.59 Å². The Morgan fingerprint density at radius 1 is 0.562 bits per heavy atom. The Morgan fingerprint density at radius 2 is 0.875 bits per heavy atom. The Kier molecular flexibility index (Phi) is 20.9. The summed E-state index contributed by atoms with van der Waals surface area (Å²) in [6.45, 7) is 4.30. The molecule has 1 aromatic rings. The smallest absolute Gasteiger partial charge is 0.336 e. The van der Waals surface area contributed by atoms with Crippen LogP contribution in [0.5, 0.6) is 0 Å². The zero-order chi connectivity index (χ0) is 24.8. The fourth-order valence-electron chi connectivity index (χ4n) is 2.62. The van der Waals surface area contributed by atoms with E-state index in [1.165, 1.54) is 62.8 Å². The largest absolute Gasteiger partial charge is 0.481 e. The minimum Gasteiger partial charge on any atom is -0.481 e. The molecule has 0 saturated heterocycles. The van der Waals surface area contributed by atoms with Gasteiger partial charge < -0.3 is 20.4 Å². The minimum atomic E-state index is -1.23. The van der Waals surface area contributed by atoms with Gasteiger partial charge in [0.05, 0.1) is 11.1 Å². The number of carboxylic acids is 4. The van der Waals surface area contributed by atoms with Crippen LogP contribution in [0.25, 0.3) is 0 Å². The highest BCUT2D eigenvalue weighted by molar-refractivity contribution is 6.01. The van der Waals surface area contributed by atoms with Gasteiger partial charge in [0.15, 0.2) is 0 Å². The van der Waals surface area contributed by atoms with Gasteiger partial charge in [-0.1, -0.05) is 77.3 Å². The van der Waals surface area contributed by atoms with E-state index >= 15 is 0 Å². The maximum Gasteiger partial charge on any atom is 0.336 e. The fourth-order valence-corrected chi connectivity index (χ4v) is 2.62. The second kappa shape index (κ2) is 21.3. The molecule has 0 aromatic heterocycles. The number of benzene rings is 1. The zero-order valence-electron chi connectivity index (χ0n) is 19.2. The highest BCUT2D eigenvalue weighted by Gasteiger charge is 2.13. The third-order valence-corrected chi connectivity index (χ3v) is 4.38. The fraction of sp³-hybridized carbons (Fsp3) is 0.583. The summed E-state index contributed by atoms with van der Waals surface area (Å²) >= 11 is 0. The molecule has 0 heterocycles. The van der Waals surface area contributed by atoms with E-state index < -0.39 is 23.9 Å². The van der Waals surface area contributed by atoms with E-state index in [0.29, 0.717) is 12.8 Å². The van der Waals surface area contributed by atoms with Crippen molar-refractivity contribution in [3.63, 3.8) is 0 Å². The topological polar surface area (TPSA) is 149 Å². The van der Waals surface area contributed by atoms with Gasteiger partial charge in [0.25, 0.3) is 0 Å². The highest BCUT2D eigenvalue weighted by atomic mass is 16.4. The Morgan fingerprint density at radius 3 is 1.12 bits per heavy atom. The van der Waals surface area contributed by atoms with E-state index in [4.69, 9.17) is 20.4 Å². The third-order valence-electron chi connectivity index (χ3n) is 4.38. The molecule has 0 spiro atoms. The molecular weight excluding hydrogens is 416 g/mol. The minimum absolute atomic E-state index is 0.190. The van der Waals surface area contributed by atoms with Crippen molar-refractivity contribution in [1.29, 1.82) is 0 Å². The van der Waals surface area contributed by atoms with Crippen molar-refractivity contribution in [1.82, 2.24) is 0 Å². The van der Waals surface area contributed by atoms with Crippen molar-refractivity contribution in [2.75, 3.05) is 0 Å². The lowest BCUT2D eigenvalue weighted by Gasteiger charge is -1.98. The predicted molar refractivity (Wildman–Crippen MR) is 122 cm³/mol. The number of rotatable bonds is 14. The molecule has 8 nitrogen and oxygen atoms in total. The zero-order valence-corrected chi connectivity index (χ0v) is 19.2. The summed E-state index contributed by atoms with van der Waals surface area (Å²) in [4.78, 5) is 41.0. The van der Waals surface area contributed by atoms with Crippen LogP contribution in [0.4, 0.5) is 0 Å². The molecule has 0 aliphatic carbocycles. The van der Waals surface area contributed by atoms with Crippen LogP contribution in [0.15, 0.2) is 24.3 Å². The summed E-state index contributed by atoms with van der Waals surface area (Å²) in [5.41, 5.74) is -0.380. The number of hydrogen-bond donors (Lipinski definition) is 4. The summed E-state index contributed by atoms with van der Waals surface area (Å²) < 4.78 is 0. The first-order valence-corrected chi connectivity index (χ1v) is 11.2. The summed E-state index contributed by atoms with van der Waals surface area (Å²) in [7, 11) is 0. The highest BCUT2D eigenvalue weighted by Crippen LogP contribution is 2.08. The average Bonchev–Trinajstić information content (AvgIpc) is 2.74. The van der Waals surface area contributed by atoms with Crippen LogP contribution >= 0.6 is 0 Å². The lowest BCUT2D eigenvalue weighted by Crippen LogP contribution is -2.06. The molecule has 4 N–H and O–H groups in total. The average molecular weight is 455 g/mol. The van der Waals surface area contributed by atoms with Gasteiger partial charge in [-0.15, -0.1) is 0 Å². The second-order valence-electron chi connectivity index (χ2n) is 7.27. The van der Waals surface area contributed by atoms with Crippen molar-refractivity contribution in [2.45, 2.75) is 90.9 Å². The van der Waals surface area contributed by atoms with E-state index in [9.17, 15) is 19.2 Å². The Labute approximate surface area is 190 Å². The molecule has 0 fully saturated rings. The van der Waals surface area contributed by atoms with Gasteiger partial charge >= 0.3 is 23.9 Å². The van der Waals surface area contributed by atoms with Crippen molar-refractivity contribution < 1.29 is 39.6 Å². The van der Waals surface area contributed by atoms with E-state index in [1.807, 2.05) is 0 Å². The molecule has 0 unspecified atom stereocenters. The standard InChI is InChI=1S/C8H6O4.2C8H16O2/c9-7(10)5-3-1-2-4-6(5)8(11)12;2*1-2-3-4-5-6-7-8(9)10/h1-4H,(H,9,10)(H,11,12);2*2-7H2,1H3,(H,9,10). The summed E-state index contributed by atoms with van der Waals surface area (Å²) in [5.74, 6) is -3.80. The van der Waals surface area contributed by atoms with Crippen LogP contribution in [0.2, 0.25) is 0 Å². The van der Waals surface area contributed by atoms with Gasteiger partial charge in [0, 0.05) is 12.8 Å². The maximum absolute atomic E-state index is 10.5. The number of carboxylic acid groups (broad SMARTS) is 4. The maximum atomic E-state index is 10.5. The monoisotopic (exact) mass is 454 g/mol. The van der Waals surface area contributed by atoms with E-state index in [0.717, 1.165) is 25.7 Å².